The minimum absolute atomic E-state index is 0.157. The van der Waals surface area contributed by atoms with Crippen LogP contribution in [0.4, 0.5) is 36.3 Å². The van der Waals surface area contributed by atoms with Crippen LogP contribution >= 0.6 is 11.6 Å². The summed E-state index contributed by atoms with van der Waals surface area (Å²) in [5.74, 6) is 0.397. The highest BCUT2D eigenvalue weighted by molar-refractivity contribution is 6.33. The zero-order valence-electron chi connectivity index (χ0n) is 12.5. The molecule has 0 bridgehead atoms. The highest BCUT2D eigenvalue weighted by Gasteiger charge is 2.30. The van der Waals surface area contributed by atoms with Crippen LogP contribution in [0.1, 0.15) is 5.56 Å². The molecule has 0 aliphatic rings. The predicted octanol–water partition coefficient (Wildman–Crippen LogP) is 5.03. The number of rotatable bonds is 4. The van der Waals surface area contributed by atoms with Gasteiger partial charge in [0.2, 0.25) is 5.95 Å². The molecule has 0 spiro atoms. The van der Waals surface area contributed by atoms with Crippen LogP contribution in [0.3, 0.4) is 0 Å². The Bertz CT molecular complexity index is 885. The standard InChI is InChI=1S/C16H11ClF3N5/c17-12-6-1-2-7-13(12)23-15-24-14(9-21-25-15)22-11-5-3-4-10(8-11)16(18,19)20/h1-9H,(H2,22,23,24,25). The molecular formula is C16H11ClF3N5. The number of hydrogen-bond acceptors (Lipinski definition) is 5. The molecule has 2 aromatic carbocycles. The van der Waals surface area contributed by atoms with Gasteiger partial charge < -0.3 is 10.6 Å². The lowest BCUT2D eigenvalue weighted by atomic mass is 10.2. The third kappa shape index (κ3) is 4.36. The number of benzene rings is 2. The molecular weight excluding hydrogens is 355 g/mol. The number of halogens is 4. The van der Waals surface area contributed by atoms with Gasteiger partial charge in [0, 0.05) is 5.69 Å². The molecule has 0 amide bonds. The zero-order chi connectivity index (χ0) is 17.9. The summed E-state index contributed by atoms with van der Waals surface area (Å²) in [7, 11) is 0. The maximum absolute atomic E-state index is 12.8. The van der Waals surface area contributed by atoms with E-state index in [-0.39, 0.29) is 17.5 Å². The fourth-order valence-electron chi connectivity index (χ4n) is 2.02. The Kier molecular flexibility index (Phi) is 4.71. The lowest BCUT2D eigenvalue weighted by Crippen LogP contribution is -2.06. The van der Waals surface area contributed by atoms with Crippen molar-refractivity contribution in [2.75, 3.05) is 10.6 Å². The third-order valence-corrected chi connectivity index (χ3v) is 3.47. The number of aromatic nitrogens is 3. The second-order valence-corrected chi connectivity index (χ2v) is 5.38. The summed E-state index contributed by atoms with van der Waals surface area (Å²) in [5.41, 5.74) is 0.0649. The Labute approximate surface area is 145 Å². The molecule has 0 atom stereocenters. The monoisotopic (exact) mass is 365 g/mol. The van der Waals surface area contributed by atoms with Crippen LogP contribution in [-0.4, -0.2) is 15.2 Å². The van der Waals surface area contributed by atoms with E-state index in [4.69, 9.17) is 11.6 Å². The van der Waals surface area contributed by atoms with Crippen molar-refractivity contribution < 1.29 is 13.2 Å². The third-order valence-electron chi connectivity index (χ3n) is 3.14. The highest BCUT2D eigenvalue weighted by atomic mass is 35.5. The van der Waals surface area contributed by atoms with Gasteiger partial charge in [-0.2, -0.15) is 23.3 Å². The summed E-state index contributed by atoms with van der Waals surface area (Å²) in [4.78, 5) is 4.16. The highest BCUT2D eigenvalue weighted by Crippen LogP contribution is 2.31. The maximum Gasteiger partial charge on any atom is 0.416 e. The van der Waals surface area contributed by atoms with E-state index >= 15 is 0 Å². The average molecular weight is 366 g/mol. The van der Waals surface area contributed by atoms with E-state index in [1.807, 2.05) is 0 Å². The van der Waals surface area contributed by atoms with Crippen molar-refractivity contribution in [1.82, 2.24) is 15.2 Å². The normalized spacial score (nSPS) is 11.2. The predicted molar refractivity (Wildman–Crippen MR) is 89.3 cm³/mol. The van der Waals surface area contributed by atoms with E-state index in [9.17, 15) is 13.2 Å². The molecule has 25 heavy (non-hydrogen) atoms. The zero-order valence-corrected chi connectivity index (χ0v) is 13.3. The van der Waals surface area contributed by atoms with Gasteiger partial charge in [-0.3, -0.25) is 0 Å². The summed E-state index contributed by atoms with van der Waals surface area (Å²) in [5, 5.41) is 13.7. The first-order valence-corrected chi connectivity index (χ1v) is 7.45. The molecule has 0 aliphatic heterocycles. The summed E-state index contributed by atoms with van der Waals surface area (Å²) >= 11 is 6.04. The average Bonchev–Trinajstić information content (AvgIpc) is 2.57. The van der Waals surface area contributed by atoms with Gasteiger partial charge in [0.15, 0.2) is 5.82 Å². The van der Waals surface area contributed by atoms with Crippen LogP contribution in [0.5, 0.6) is 0 Å². The first-order valence-electron chi connectivity index (χ1n) is 7.07. The fourth-order valence-corrected chi connectivity index (χ4v) is 2.20. The van der Waals surface area contributed by atoms with Crippen molar-refractivity contribution in [3.8, 4) is 0 Å². The number of nitrogens with one attached hydrogen (secondary N) is 2. The summed E-state index contributed by atoms with van der Waals surface area (Å²) < 4.78 is 38.3. The van der Waals surface area contributed by atoms with Gasteiger partial charge in [0.1, 0.15) is 0 Å². The summed E-state index contributed by atoms with van der Waals surface area (Å²) in [6.45, 7) is 0. The smallest absolute Gasteiger partial charge is 0.339 e. The van der Waals surface area contributed by atoms with E-state index in [2.05, 4.69) is 25.8 Å². The topological polar surface area (TPSA) is 62.7 Å². The Morgan fingerprint density at radius 2 is 1.76 bits per heavy atom. The molecule has 9 heteroatoms. The Balaban J connectivity index is 1.80. The van der Waals surface area contributed by atoms with Crippen molar-refractivity contribution >= 4 is 34.7 Å². The second kappa shape index (κ2) is 6.94. The Hall–Kier alpha value is -2.87. The molecule has 0 radical (unpaired) electrons. The Morgan fingerprint density at radius 3 is 2.52 bits per heavy atom. The van der Waals surface area contributed by atoms with Crippen LogP contribution in [0.2, 0.25) is 5.02 Å². The lowest BCUT2D eigenvalue weighted by molar-refractivity contribution is -0.137. The first-order chi connectivity index (χ1) is 11.9. The molecule has 0 aliphatic carbocycles. The van der Waals surface area contributed by atoms with Crippen molar-refractivity contribution in [3.05, 3.63) is 65.3 Å². The molecule has 0 fully saturated rings. The minimum atomic E-state index is -4.42. The van der Waals surface area contributed by atoms with E-state index in [0.29, 0.717) is 10.7 Å². The molecule has 3 rings (SSSR count). The van der Waals surface area contributed by atoms with Crippen LogP contribution in [0, 0.1) is 0 Å². The van der Waals surface area contributed by atoms with Crippen LogP contribution in [0.15, 0.2) is 54.7 Å². The van der Waals surface area contributed by atoms with Crippen LogP contribution in [-0.2, 0) is 6.18 Å². The lowest BCUT2D eigenvalue weighted by Gasteiger charge is -2.11. The molecule has 1 heterocycles. The van der Waals surface area contributed by atoms with Crippen molar-refractivity contribution in [2.45, 2.75) is 6.18 Å². The first kappa shape index (κ1) is 17.0. The number of nitrogens with zero attached hydrogens (tertiary/aromatic N) is 3. The van der Waals surface area contributed by atoms with Crippen molar-refractivity contribution in [3.63, 3.8) is 0 Å². The fraction of sp³-hybridized carbons (Fsp3) is 0.0625. The molecule has 0 saturated carbocycles. The SMILES string of the molecule is FC(F)(F)c1cccc(Nc2cnnc(Nc3ccccc3Cl)n2)c1. The molecule has 1 aromatic heterocycles. The van der Waals surface area contributed by atoms with Gasteiger partial charge in [-0.25, -0.2) is 0 Å². The molecule has 2 N–H and O–H groups in total. The molecule has 128 valence electrons. The van der Waals surface area contributed by atoms with Gasteiger partial charge in [-0.1, -0.05) is 29.8 Å². The van der Waals surface area contributed by atoms with Gasteiger partial charge >= 0.3 is 6.18 Å². The van der Waals surface area contributed by atoms with E-state index < -0.39 is 11.7 Å². The van der Waals surface area contributed by atoms with E-state index in [0.717, 1.165) is 12.1 Å². The van der Waals surface area contributed by atoms with Gasteiger partial charge in [-0.15, -0.1) is 5.10 Å². The van der Waals surface area contributed by atoms with E-state index in [1.165, 1.54) is 18.3 Å². The van der Waals surface area contributed by atoms with Crippen LogP contribution < -0.4 is 10.6 Å². The maximum atomic E-state index is 12.8. The van der Waals surface area contributed by atoms with Gasteiger partial charge in [-0.05, 0) is 30.3 Å². The Morgan fingerprint density at radius 1 is 0.960 bits per heavy atom. The van der Waals surface area contributed by atoms with Crippen LogP contribution in [0.25, 0.3) is 0 Å². The molecule has 0 unspecified atom stereocenters. The van der Waals surface area contributed by atoms with Crippen molar-refractivity contribution in [1.29, 1.82) is 0 Å². The van der Waals surface area contributed by atoms with Crippen molar-refractivity contribution in [2.24, 2.45) is 0 Å². The molecule has 0 saturated heterocycles. The van der Waals surface area contributed by atoms with Gasteiger partial charge in [0.05, 0.1) is 22.5 Å². The number of anilines is 4. The largest absolute Gasteiger partial charge is 0.416 e. The van der Waals surface area contributed by atoms with Gasteiger partial charge in [0.25, 0.3) is 0 Å². The number of alkyl halides is 3. The second-order valence-electron chi connectivity index (χ2n) is 4.97. The quantitative estimate of drug-likeness (QED) is 0.679. The minimum Gasteiger partial charge on any atom is -0.339 e. The number of para-hydroxylation sites is 1. The molecule has 3 aromatic rings. The number of hydrogen-bond donors (Lipinski definition) is 2. The summed E-state index contributed by atoms with van der Waals surface area (Å²) in [6, 6.07) is 11.8. The van der Waals surface area contributed by atoms with E-state index in [1.54, 1.807) is 24.3 Å². The summed E-state index contributed by atoms with van der Waals surface area (Å²) in [6.07, 6.45) is -3.11. The molecule has 5 nitrogen and oxygen atoms in total.